The lowest BCUT2D eigenvalue weighted by Crippen LogP contribution is -2.56. The first-order valence-electron chi connectivity index (χ1n) is 8.05. The molecule has 27 heavy (non-hydrogen) atoms. The number of sulfonamides is 1. The highest BCUT2D eigenvalue weighted by Gasteiger charge is 2.46. The molecule has 1 fully saturated rings. The molecule has 1 aliphatic carbocycles. The highest BCUT2D eigenvalue weighted by molar-refractivity contribution is 7.92. The quantitative estimate of drug-likeness (QED) is 0.734. The van der Waals surface area contributed by atoms with Crippen molar-refractivity contribution in [3.05, 3.63) is 52.9 Å². The zero-order valence-electron chi connectivity index (χ0n) is 14.3. The topological polar surface area (TPSA) is 99.6 Å². The Kier molecular flexibility index (Phi) is 5.11. The van der Waals surface area contributed by atoms with Crippen molar-refractivity contribution < 1.29 is 22.7 Å². The summed E-state index contributed by atoms with van der Waals surface area (Å²) in [7, 11) is -3.82. The number of anilines is 2. The second-order valence-corrected chi connectivity index (χ2v) is 8.59. The van der Waals surface area contributed by atoms with Gasteiger partial charge in [-0.3, -0.25) is 4.79 Å². The summed E-state index contributed by atoms with van der Waals surface area (Å²) >= 11 is 5.70. The van der Waals surface area contributed by atoms with Gasteiger partial charge in [-0.05, 0) is 49.6 Å². The van der Waals surface area contributed by atoms with Crippen molar-refractivity contribution in [2.24, 2.45) is 0 Å². The average Bonchev–Trinajstić information content (AvgIpc) is 2.56. The van der Waals surface area contributed by atoms with Crippen molar-refractivity contribution in [3.8, 4) is 0 Å². The molecule has 0 spiro atoms. The van der Waals surface area contributed by atoms with Crippen LogP contribution in [0.1, 0.15) is 29.6 Å². The molecule has 1 amide bonds. The minimum Gasteiger partial charge on any atom is -0.370 e. The van der Waals surface area contributed by atoms with E-state index in [1.807, 2.05) is 0 Å². The Balaban J connectivity index is 1.90. The fourth-order valence-corrected chi connectivity index (χ4v) is 4.26. The monoisotopic (exact) mass is 413 g/mol. The Morgan fingerprint density at radius 1 is 1.33 bits per heavy atom. The van der Waals surface area contributed by atoms with Gasteiger partial charge in [0.15, 0.2) is 5.72 Å². The number of nitrogens with one attached hydrogen (secondary N) is 1. The fraction of sp³-hybridized carbons (Fsp3) is 0.294. The van der Waals surface area contributed by atoms with Gasteiger partial charge in [0.1, 0.15) is 11.6 Å². The van der Waals surface area contributed by atoms with Gasteiger partial charge in [-0.1, -0.05) is 11.6 Å². The molecule has 1 aromatic heterocycles. The van der Waals surface area contributed by atoms with Crippen molar-refractivity contribution in [1.29, 1.82) is 0 Å². The molecule has 0 atom stereocenters. The maximum absolute atomic E-state index is 13.2. The van der Waals surface area contributed by atoms with Crippen LogP contribution < -0.4 is 9.62 Å². The van der Waals surface area contributed by atoms with Crippen LogP contribution in [0.25, 0.3) is 0 Å². The minimum absolute atomic E-state index is 0.0514. The predicted molar refractivity (Wildman–Crippen MR) is 99.7 cm³/mol. The third kappa shape index (κ3) is 4.05. The Morgan fingerprint density at radius 3 is 2.59 bits per heavy atom. The number of carbonyl (C=O) groups excluding carboxylic acids is 1. The van der Waals surface area contributed by atoms with Gasteiger partial charge in [0.2, 0.25) is 10.0 Å². The average molecular weight is 414 g/mol. The normalized spacial score (nSPS) is 15.7. The molecule has 10 heteroatoms. The summed E-state index contributed by atoms with van der Waals surface area (Å²) in [5.74, 6) is -1.22. The van der Waals surface area contributed by atoms with Crippen LogP contribution in [0.4, 0.5) is 15.9 Å². The molecule has 1 aliphatic rings. The number of amides is 1. The number of rotatable bonds is 5. The number of hydrogen-bond acceptors (Lipinski definition) is 5. The predicted octanol–water partition coefficient (Wildman–Crippen LogP) is 2.76. The first-order chi connectivity index (χ1) is 12.6. The zero-order chi connectivity index (χ0) is 19.8. The van der Waals surface area contributed by atoms with E-state index in [-0.39, 0.29) is 34.9 Å². The van der Waals surface area contributed by atoms with Crippen LogP contribution in [-0.4, -0.2) is 36.4 Å². The second kappa shape index (κ2) is 7.06. The lowest BCUT2D eigenvalue weighted by atomic mass is 9.88. The Hall–Kier alpha value is -2.23. The number of nitrogens with zero attached hydrogens (tertiary/aromatic N) is 2. The van der Waals surface area contributed by atoms with Gasteiger partial charge < -0.3 is 10.4 Å². The maximum Gasteiger partial charge on any atom is 0.255 e. The molecule has 2 N–H and O–H groups in total. The first kappa shape index (κ1) is 19.5. The number of carbonyl (C=O) groups is 1. The molecule has 0 bridgehead atoms. The molecule has 2 aromatic rings. The molecule has 7 nitrogen and oxygen atoms in total. The highest BCUT2D eigenvalue weighted by Crippen LogP contribution is 2.39. The van der Waals surface area contributed by atoms with Crippen molar-refractivity contribution in [3.63, 3.8) is 0 Å². The lowest BCUT2D eigenvalue weighted by molar-refractivity contribution is -0.0213. The van der Waals surface area contributed by atoms with Crippen molar-refractivity contribution >= 4 is 39.0 Å². The largest absolute Gasteiger partial charge is 0.370 e. The van der Waals surface area contributed by atoms with E-state index in [0.717, 1.165) is 16.6 Å². The maximum atomic E-state index is 13.2. The molecule has 3 rings (SSSR count). The fourth-order valence-electron chi connectivity index (χ4n) is 2.84. The summed E-state index contributed by atoms with van der Waals surface area (Å²) < 4.78 is 38.4. The third-order valence-corrected chi connectivity index (χ3v) is 5.74. The van der Waals surface area contributed by atoms with Crippen LogP contribution >= 0.6 is 11.6 Å². The lowest BCUT2D eigenvalue weighted by Gasteiger charge is -2.44. The Bertz CT molecular complexity index is 995. The van der Waals surface area contributed by atoms with E-state index in [2.05, 4.69) is 10.3 Å². The summed E-state index contributed by atoms with van der Waals surface area (Å²) in [6, 6.07) is 6.40. The molecular formula is C17H17ClFN3O4S. The van der Waals surface area contributed by atoms with E-state index in [1.165, 1.54) is 30.5 Å². The first-order valence-corrected chi connectivity index (χ1v) is 10.3. The third-order valence-electron chi connectivity index (χ3n) is 4.26. The number of benzene rings is 1. The summed E-state index contributed by atoms with van der Waals surface area (Å²) in [4.78, 5) is 16.5. The second-order valence-electron chi connectivity index (χ2n) is 6.35. The van der Waals surface area contributed by atoms with E-state index >= 15 is 0 Å². The SMILES string of the molecule is CS(=O)(=O)N(c1cc(C(=O)Nc2ccc(F)c(Cl)c2)ccn1)C1(O)CCC1. The van der Waals surface area contributed by atoms with Crippen LogP contribution in [0.15, 0.2) is 36.5 Å². The molecular weight excluding hydrogens is 397 g/mol. The summed E-state index contributed by atoms with van der Waals surface area (Å²) in [5, 5.41) is 12.9. The molecule has 1 heterocycles. The van der Waals surface area contributed by atoms with Gasteiger partial charge in [-0.25, -0.2) is 22.1 Å². The van der Waals surface area contributed by atoms with E-state index in [9.17, 15) is 22.7 Å². The van der Waals surface area contributed by atoms with E-state index in [1.54, 1.807) is 0 Å². The molecule has 0 radical (unpaired) electrons. The Morgan fingerprint density at radius 2 is 2.04 bits per heavy atom. The zero-order valence-corrected chi connectivity index (χ0v) is 15.9. The summed E-state index contributed by atoms with van der Waals surface area (Å²) in [5.41, 5.74) is -1.14. The molecule has 1 saturated carbocycles. The van der Waals surface area contributed by atoms with E-state index in [4.69, 9.17) is 11.6 Å². The summed E-state index contributed by atoms with van der Waals surface area (Å²) in [6.07, 6.45) is 3.51. The number of aromatic nitrogens is 1. The van der Waals surface area contributed by atoms with E-state index < -0.39 is 27.5 Å². The summed E-state index contributed by atoms with van der Waals surface area (Å²) in [6.45, 7) is 0. The van der Waals surface area contributed by atoms with Gasteiger partial charge >= 0.3 is 0 Å². The van der Waals surface area contributed by atoms with Crippen LogP contribution in [0.5, 0.6) is 0 Å². The van der Waals surface area contributed by atoms with Gasteiger partial charge in [-0.15, -0.1) is 0 Å². The van der Waals surface area contributed by atoms with E-state index in [0.29, 0.717) is 6.42 Å². The molecule has 0 unspecified atom stereocenters. The minimum atomic E-state index is -3.82. The standard InChI is InChI=1S/C17H17ClFN3O4S/c1-27(25,26)22(17(24)6-2-7-17)15-9-11(5-8-20-15)16(23)21-12-3-4-14(19)13(18)10-12/h3-5,8-10,24H,2,6-7H2,1H3,(H,21,23). The van der Waals surface area contributed by atoms with Crippen molar-refractivity contribution in [1.82, 2.24) is 4.98 Å². The van der Waals surface area contributed by atoms with Crippen molar-refractivity contribution in [2.45, 2.75) is 25.0 Å². The number of halogens is 2. The van der Waals surface area contributed by atoms with Gasteiger partial charge in [0.25, 0.3) is 5.91 Å². The van der Waals surface area contributed by atoms with Crippen molar-refractivity contribution in [2.75, 3.05) is 15.9 Å². The number of hydrogen-bond donors (Lipinski definition) is 2. The smallest absolute Gasteiger partial charge is 0.255 e. The molecule has 1 aromatic carbocycles. The Labute approximate surface area is 160 Å². The molecule has 0 saturated heterocycles. The van der Waals surface area contributed by atoms with Crippen LogP contribution in [0.3, 0.4) is 0 Å². The van der Waals surface area contributed by atoms with Gasteiger partial charge in [0.05, 0.1) is 11.3 Å². The molecule has 144 valence electrons. The van der Waals surface area contributed by atoms with Gasteiger partial charge in [0, 0.05) is 17.4 Å². The highest BCUT2D eigenvalue weighted by atomic mass is 35.5. The van der Waals surface area contributed by atoms with Crippen LogP contribution in [0, 0.1) is 5.82 Å². The van der Waals surface area contributed by atoms with Gasteiger partial charge in [-0.2, -0.15) is 0 Å². The number of aliphatic hydroxyl groups is 1. The van der Waals surface area contributed by atoms with Crippen LogP contribution in [-0.2, 0) is 10.0 Å². The molecule has 0 aliphatic heterocycles. The number of pyridine rings is 1. The van der Waals surface area contributed by atoms with Crippen LogP contribution in [0.2, 0.25) is 5.02 Å².